The van der Waals surface area contributed by atoms with Crippen LogP contribution >= 0.6 is 22.6 Å². The Morgan fingerprint density at radius 3 is 2.50 bits per heavy atom. The van der Waals surface area contributed by atoms with Gasteiger partial charge in [0.15, 0.2) is 0 Å². The van der Waals surface area contributed by atoms with Crippen molar-refractivity contribution < 1.29 is 9.53 Å². The van der Waals surface area contributed by atoms with Crippen molar-refractivity contribution in [2.45, 2.75) is 0 Å². The summed E-state index contributed by atoms with van der Waals surface area (Å²) in [5.74, 6) is 0.648. The summed E-state index contributed by atoms with van der Waals surface area (Å²) >= 11 is 2.19. The molecular formula is C16H14INO2. The van der Waals surface area contributed by atoms with E-state index in [1.807, 2.05) is 48.5 Å². The minimum absolute atomic E-state index is 0.148. The van der Waals surface area contributed by atoms with Crippen LogP contribution in [0.5, 0.6) is 5.75 Å². The number of hydrogen-bond donors (Lipinski definition) is 1. The number of anilines is 1. The van der Waals surface area contributed by atoms with E-state index in [0.29, 0.717) is 0 Å². The molecule has 0 atom stereocenters. The Labute approximate surface area is 131 Å². The first kappa shape index (κ1) is 14.6. The molecule has 1 amide bonds. The van der Waals surface area contributed by atoms with Crippen LogP contribution in [-0.4, -0.2) is 13.0 Å². The summed E-state index contributed by atoms with van der Waals surface area (Å²) in [4.78, 5) is 11.8. The highest BCUT2D eigenvalue weighted by molar-refractivity contribution is 14.1. The Balaban J connectivity index is 2.00. The highest BCUT2D eigenvalue weighted by atomic mass is 127. The molecule has 0 aliphatic rings. The molecule has 4 heteroatoms. The van der Waals surface area contributed by atoms with Gasteiger partial charge in [-0.05, 0) is 58.5 Å². The second-order valence-electron chi connectivity index (χ2n) is 4.08. The number of nitrogens with one attached hydrogen (secondary N) is 1. The molecule has 0 aromatic heterocycles. The van der Waals surface area contributed by atoms with Gasteiger partial charge in [0.1, 0.15) is 5.75 Å². The van der Waals surface area contributed by atoms with E-state index >= 15 is 0 Å². The predicted molar refractivity (Wildman–Crippen MR) is 89.8 cm³/mol. The molecule has 0 saturated carbocycles. The van der Waals surface area contributed by atoms with Crippen molar-refractivity contribution >= 4 is 40.3 Å². The van der Waals surface area contributed by atoms with Gasteiger partial charge in [-0.15, -0.1) is 0 Å². The average molecular weight is 379 g/mol. The smallest absolute Gasteiger partial charge is 0.248 e. The zero-order valence-corrected chi connectivity index (χ0v) is 13.1. The van der Waals surface area contributed by atoms with Crippen LogP contribution in [-0.2, 0) is 4.79 Å². The molecule has 1 N–H and O–H groups in total. The van der Waals surface area contributed by atoms with Gasteiger partial charge < -0.3 is 10.1 Å². The van der Waals surface area contributed by atoms with Crippen LogP contribution in [0.25, 0.3) is 6.08 Å². The summed E-state index contributed by atoms with van der Waals surface area (Å²) in [6.07, 6.45) is 3.29. The lowest BCUT2D eigenvalue weighted by Crippen LogP contribution is -2.08. The maximum atomic E-state index is 11.8. The molecule has 2 rings (SSSR count). The first-order valence-corrected chi connectivity index (χ1v) is 7.14. The fourth-order valence-electron chi connectivity index (χ4n) is 1.62. The van der Waals surface area contributed by atoms with Gasteiger partial charge in [0.2, 0.25) is 5.91 Å². The van der Waals surface area contributed by atoms with Crippen LogP contribution in [0.3, 0.4) is 0 Å². The predicted octanol–water partition coefficient (Wildman–Crippen LogP) is 3.95. The highest BCUT2D eigenvalue weighted by Crippen LogP contribution is 2.17. The van der Waals surface area contributed by atoms with Crippen LogP contribution < -0.4 is 10.1 Å². The molecule has 0 spiro atoms. The zero-order chi connectivity index (χ0) is 14.4. The Kier molecular flexibility index (Phi) is 5.17. The molecule has 0 heterocycles. The minimum Gasteiger partial charge on any atom is -0.497 e. The van der Waals surface area contributed by atoms with Gasteiger partial charge in [0, 0.05) is 9.65 Å². The number of ether oxygens (including phenoxy) is 1. The molecular weight excluding hydrogens is 365 g/mol. The number of halogens is 1. The van der Waals surface area contributed by atoms with Crippen molar-refractivity contribution in [1.82, 2.24) is 0 Å². The van der Waals surface area contributed by atoms with E-state index in [1.54, 1.807) is 13.2 Å². The number of amides is 1. The molecule has 0 aliphatic carbocycles. The Morgan fingerprint density at radius 2 is 1.85 bits per heavy atom. The molecule has 20 heavy (non-hydrogen) atoms. The Morgan fingerprint density at radius 1 is 1.15 bits per heavy atom. The van der Waals surface area contributed by atoms with E-state index < -0.39 is 0 Å². The molecule has 0 aliphatic heterocycles. The van der Waals surface area contributed by atoms with E-state index in [1.165, 1.54) is 6.08 Å². The fourth-order valence-corrected chi connectivity index (χ4v) is 2.15. The number of methoxy groups -OCH3 is 1. The van der Waals surface area contributed by atoms with Gasteiger partial charge in [-0.2, -0.15) is 0 Å². The lowest BCUT2D eigenvalue weighted by atomic mass is 10.2. The van der Waals surface area contributed by atoms with Gasteiger partial charge in [0.25, 0.3) is 0 Å². The number of carbonyl (C=O) groups excluding carboxylic acids is 1. The SMILES string of the molecule is COc1ccc(C=CC(=O)Nc2ccccc2I)cc1. The number of hydrogen-bond acceptors (Lipinski definition) is 2. The number of rotatable bonds is 4. The third-order valence-corrected chi connectivity index (χ3v) is 3.62. The van der Waals surface area contributed by atoms with Crippen LogP contribution in [0.1, 0.15) is 5.56 Å². The number of para-hydroxylation sites is 1. The Hall–Kier alpha value is -1.82. The topological polar surface area (TPSA) is 38.3 Å². The maximum Gasteiger partial charge on any atom is 0.248 e. The van der Waals surface area contributed by atoms with Gasteiger partial charge in [0.05, 0.1) is 12.8 Å². The molecule has 0 saturated heterocycles. The van der Waals surface area contributed by atoms with Crippen molar-refractivity contribution in [3.63, 3.8) is 0 Å². The minimum atomic E-state index is -0.148. The molecule has 2 aromatic rings. The second kappa shape index (κ2) is 7.09. The molecule has 3 nitrogen and oxygen atoms in total. The van der Waals surface area contributed by atoms with E-state index in [-0.39, 0.29) is 5.91 Å². The summed E-state index contributed by atoms with van der Waals surface area (Å²) in [7, 11) is 1.62. The summed E-state index contributed by atoms with van der Waals surface area (Å²) in [6, 6.07) is 15.2. The molecule has 102 valence electrons. The van der Waals surface area contributed by atoms with Crippen molar-refractivity contribution in [2.75, 3.05) is 12.4 Å². The molecule has 0 radical (unpaired) electrons. The van der Waals surface area contributed by atoms with Crippen molar-refractivity contribution in [3.05, 3.63) is 63.7 Å². The summed E-state index contributed by atoms with van der Waals surface area (Å²) in [5, 5.41) is 2.85. The number of carbonyl (C=O) groups is 1. The molecule has 2 aromatic carbocycles. The molecule has 0 unspecified atom stereocenters. The van der Waals surface area contributed by atoms with Crippen LogP contribution in [0.4, 0.5) is 5.69 Å². The number of benzene rings is 2. The first-order valence-electron chi connectivity index (χ1n) is 6.06. The normalized spacial score (nSPS) is 10.5. The maximum absolute atomic E-state index is 11.8. The summed E-state index contributed by atoms with van der Waals surface area (Å²) in [6.45, 7) is 0. The van der Waals surface area contributed by atoms with Gasteiger partial charge in [-0.3, -0.25) is 4.79 Å². The summed E-state index contributed by atoms with van der Waals surface area (Å²) in [5.41, 5.74) is 1.76. The molecule has 0 fully saturated rings. The second-order valence-corrected chi connectivity index (χ2v) is 5.24. The lowest BCUT2D eigenvalue weighted by molar-refractivity contribution is -0.111. The fraction of sp³-hybridized carbons (Fsp3) is 0.0625. The van der Waals surface area contributed by atoms with Crippen LogP contribution in [0.2, 0.25) is 0 Å². The highest BCUT2D eigenvalue weighted by Gasteiger charge is 2.01. The van der Waals surface area contributed by atoms with Crippen LogP contribution in [0, 0.1) is 3.57 Å². The van der Waals surface area contributed by atoms with Gasteiger partial charge >= 0.3 is 0 Å². The zero-order valence-electron chi connectivity index (χ0n) is 11.0. The third kappa shape index (κ3) is 4.09. The standard InChI is InChI=1S/C16H14INO2/c1-20-13-9-6-12(7-10-13)8-11-16(19)18-15-5-3-2-4-14(15)17/h2-11H,1H3,(H,18,19). The average Bonchev–Trinajstić information content (AvgIpc) is 2.48. The van der Waals surface area contributed by atoms with E-state index in [4.69, 9.17) is 4.74 Å². The van der Waals surface area contributed by atoms with Crippen LogP contribution in [0.15, 0.2) is 54.6 Å². The van der Waals surface area contributed by atoms with Crippen molar-refractivity contribution in [1.29, 1.82) is 0 Å². The monoisotopic (exact) mass is 379 g/mol. The summed E-state index contributed by atoms with van der Waals surface area (Å²) < 4.78 is 6.09. The molecule has 0 bridgehead atoms. The van der Waals surface area contributed by atoms with Crippen molar-refractivity contribution in [3.8, 4) is 5.75 Å². The van der Waals surface area contributed by atoms with Gasteiger partial charge in [-0.25, -0.2) is 0 Å². The third-order valence-electron chi connectivity index (χ3n) is 2.67. The van der Waals surface area contributed by atoms with E-state index in [0.717, 1.165) is 20.6 Å². The lowest BCUT2D eigenvalue weighted by Gasteiger charge is -2.04. The first-order chi connectivity index (χ1) is 9.69. The van der Waals surface area contributed by atoms with Crippen molar-refractivity contribution in [2.24, 2.45) is 0 Å². The Bertz CT molecular complexity index is 621. The van der Waals surface area contributed by atoms with Gasteiger partial charge in [-0.1, -0.05) is 24.3 Å². The largest absolute Gasteiger partial charge is 0.497 e. The quantitative estimate of drug-likeness (QED) is 0.646. The van der Waals surface area contributed by atoms with E-state index in [9.17, 15) is 4.79 Å². The van der Waals surface area contributed by atoms with E-state index in [2.05, 4.69) is 27.9 Å².